The van der Waals surface area contributed by atoms with E-state index in [1.807, 2.05) is 38.1 Å². The molecule has 0 aromatic heterocycles. The van der Waals surface area contributed by atoms with Gasteiger partial charge in [-0.15, -0.1) is 0 Å². The van der Waals surface area contributed by atoms with Crippen molar-refractivity contribution in [2.75, 3.05) is 18.5 Å². The molecule has 5 nitrogen and oxygen atoms in total. The van der Waals surface area contributed by atoms with Crippen LogP contribution in [0.25, 0.3) is 0 Å². The summed E-state index contributed by atoms with van der Waals surface area (Å²) in [6.07, 6.45) is 2.96. The van der Waals surface area contributed by atoms with Crippen molar-refractivity contribution in [1.82, 2.24) is 5.32 Å². The monoisotopic (exact) mass is 292 g/mol. The van der Waals surface area contributed by atoms with E-state index in [4.69, 9.17) is 9.84 Å². The van der Waals surface area contributed by atoms with Crippen molar-refractivity contribution in [3.05, 3.63) is 24.3 Å². The van der Waals surface area contributed by atoms with Crippen molar-refractivity contribution in [2.24, 2.45) is 5.92 Å². The third kappa shape index (κ3) is 5.27. The number of nitrogens with one attached hydrogen (secondary N) is 2. The Kier molecular flexibility index (Phi) is 5.07. The number of hydrogen-bond acceptors (Lipinski definition) is 3. The molecule has 0 radical (unpaired) electrons. The summed E-state index contributed by atoms with van der Waals surface area (Å²) in [5.74, 6) is 1.36. The molecule has 0 spiro atoms. The molecule has 2 rings (SSSR count). The van der Waals surface area contributed by atoms with Gasteiger partial charge in [0.1, 0.15) is 5.75 Å². The Bertz CT molecular complexity index is 484. The Hall–Kier alpha value is -1.75. The molecule has 1 aliphatic rings. The predicted octanol–water partition coefficient (Wildman–Crippen LogP) is 2.76. The van der Waals surface area contributed by atoms with Crippen molar-refractivity contribution in [1.29, 1.82) is 0 Å². The summed E-state index contributed by atoms with van der Waals surface area (Å²) in [5.41, 5.74) is 0.207. The van der Waals surface area contributed by atoms with Crippen molar-refractivity contribution < 1.29 is 14.6 Å². The fourth-order valence-corrected chi connectivity index (χ4v) is 1.99. The Morgan fingerprint density at radius 2 is 2.10 bits per heavy atom. The number of aliphatic hydroxyl groups is 1. The molecule has 0 unspecified atom stereocenters. The number of para-hydroxylation sites is 2. The summed E-state index contributed by atoms with van der Waals surface area (Å²) in [6.45, 7) is 4.49. The number of rotatable bonds is 7. The SMILES string of the molecule is CC(C)(CCO)NC(=O)Nc1ccccc1OCC1CC1. The van der Waals surface area contributed by atoms with Crippen LogP contribution in [0.1, 0.15) is 33.1 Å². The Balaban J connectivity index is 1.93. The maximum atomic E-state index is 12.0. The lowest BCUT2D eigenvalue weighted by Gasteiger charge is -2.25. The van der Waals surface area contributed by atoms with Gasteiger partial charge in [-0.2, -0.15) is 0 Å². The minimum absolute atomic E-state index is 0.0361. The van der Waals surface area contributed by atoms with Gasteiger partial charge in [0.15, 0.2) is 0 Å². The summed E-state index contributed by atoms with van der Waals surface area (Å²) in [7, 11) is 0. The molecule has 0 aliphatic heterocycles. The van der Waals surface area contributed by atoms with E-state index < -0.39 is 5.54 Å². The van der Waals surface area contributed by atoms with Crippen LogP contribution in [0.3, 0.4) is 0 Å². The van der Waals surface area contributed by atoms with E-state index >= 15 is 0 Å². The molecule has 5 heteroatoms. The van der Waals surface area contributed by atoms with Crippen LogP contribution in [0, 0.1) is 5.92 Å². The highest BCUT2D eigenvalue weighted by Gasteiger charge is 2.23. The molecule has 1 aliphatic carbocycles. The van der Waals surface area contributed by atoms with Crippen LogP contribution >= 0.6 is 0 Å². The van der Waals surface area contributed by atoms with Gasteiger partial charge in [-0.05, 0) is 51.2 Å². The van der Waals surface area contributed by atoms with Gasteiger partial charge in [0.2, 0.25) is 0 Å². The van der Waals surface area contributed by atoms with Gasteiger partial charge in [0.05, 0.1) is 12.3 Å². The molecule has 0 saturated heterocycles. The van der Waals surface area contributed by atoms with Crippen LogP contribution < -0.4 is 15.4 Å². The number of carbonyl (C=O) groups excluding carboxylic acids is 1. The topological polar surface area (TPSA) is 70.6 Å². The first-order valence-electron chi connectivity index (χ1n) is 7.42. The Morgan fingerprint density at radius 3 is 2.76 bits per heavy atom. The van der Waals surface area contributed by atoms with Gasteiger partial charge in [-0.3, -0.25) is 0 Å². The van der Waals surface area contributed by atoms with Crippen LogP contribution in [0.5, 0.6) is 5.75 Å². The average molecular weight is 292 g/mol. The molecule has 0 heterocycles. The first-order valence-corrected chi connectivity index (χ1v) is 7.42. The number of hydrogen-bond donors (Lipinski definition) is 3. The van der Waals surface area contributed by atoms with Crippen molar-refractivity contribution in [2.45, 2.75) is 38.6 Å². The summed E-state index contributed by atoms with van der Waals surface area (Å²) in [4.78, 5) is 12.0. The van der Waals surface area contributed by atoms with Crippen molar-refractivity contribution in [3.8, 4) is 5.75 Å². The number of carbonyl (C=O) groups is 1. The first-order chi connectivity index (χ1) is 10.00. The number of urea groups is 1. The molecule has 0 atom stereocenters. The van der Waals surface area contributed by atoms with E-state index in [-0.39, 0.29) is 12.6 Å². The maximum absolute atomic E-state index is 12.0. The highest BCUT2D eigenvalue weighted by molar-refractivity contribution is 5.91. The number of benzene rings is 1. The van der Waals surface area contributed by atoms with E-state index in [0.29, 0.717) is 30.4 Å². The molecular weight excluding hydrogens is 268 g/mol. The standard InChI is InChI=1S/C16H24N2O3/c1-16(2,9-10-19)18-15(20)17-13-5-3-4-6-14(13)21-11-12-7-8-12/h3-6,12,19H,7-11H2,1-2H3,(H2,17,18,20). The van der Waals surface area contributed by atoms with Gasteiger partial charge in [0, 0.05) is 12.1 Å². The number of aliphatic hydroxyl groups excluding tert-OH is 1. The van der Waals surface area contributed by atoms with Gasteiger partial charge >= 0.3 is 6.03 Å². The van der Waals surface area contributed by atoms with Crippen LogP contribution in [-0.2, 0) is 0 Å². The highest BCUT2D eigenvalue weighted by Crippen LogP contribution is 2.31. The second kappa shape index (κ2) is 6.80. The van der Waals surface area contributed by atoms with E-state index in [1.54, 1.807) is 0 Å². The lowest BCUT2D eigenvalue weighted by molar-refractivity contribution is 0.218. The lowest BCUT2D eigenvalue weighted by atomic mass is 10.0. The van der Waals surface area contributed by atoms with E-state index in [9.17, 15) is 4.79 Å². The average Bonchev–Trinajstić information content (AvgIpc) is 3.20. The summed E-state index contributed by atoms with van der Waals surface area (Å²) in [6, 6.07) is 7.13. The molecule has 21 heavy (non-hydrogen) atoms. The summed E-state index contributed by atoms with van der Waals surface area (Å²) in [5, 5.41) is 14.6. The third-order valence-electron chi connectivity index (χ3n) is 3.50. The van der Waals surface area contributed by atoms with Crippen molar-refractivity contribution >= 4 is 11.7 Å². The first kappa shape index (κ1) is 15.6. The zero-order valence-corrected chi connectivity index (χ0v) is 12.7. The molecule has 1 aromatic carbocycles. The van der Waals surface area contributed by atoms with E-state index in [1.165, 1.54) is 12.8 Å². The van der Waals surface area contributed by atoms with Gasteiger partial charge < -0.3 is 20.5 Å². The van der Waals surface area contributed by atoms with Crippen molar-refractivity contribution in [3.63, 3.8) is 0 Å². The predicted molar refractivity (Wildman–Crippen MR) is 82.6 cm³/mol. The maximum Gasteiger partial charge on any atom is 0.319 e. The molecule has 116 valence electrons. The number of ether oxygens (including phenoxy) is 1. The molecule has 0 bridgehead atoms. The Morgan fingerprint density at radius 1 is 1.38 bits per heavy atom. The molecule has 2 amide bonds. The third-order valence-corrected chi connectivity index (χ3v) is 3.50. The van der Waals surface area contributed by atoms with Gasteiger partial charge in [-0.25, -0.2) is 4.79 Å². The molecular formula is C16H24N2O3. The van der Waals surface area contributed by atoms with E-state index in [0.717, 1.165) is 0 Å². The smallest absolute Gasteiger partial charge is 0.319 e. The van der Waals surface area contributed by atoms with Gasteiger partial charge in [0.25, 0.3) is 0 Å². The minimum atomic E-state index is -0.456. The molecule has 1 saturated carbocycles. The fourth-order valence-electron chi connectivity index (χ4n) is 1.99. The van der Waals surface area contributed by atoms with Crippen LogP contribution in [0.2, 0.25) is 0 Å². The molecule has 1 fully saturated rings. The lowest BCUT2D eigenvalue weighted by Crippen LogP contribution is -2.46. The summed E-state index contributed by atoms with van der Waals surface area (Å²) >= 11 is 0. The van der Waals surface area contributed by atoms with E-state index in [2.05, 4.69) is 10.6 Å². The zero-order chi connectivity index (χ0) is 15.3. The second-order valence-corrected chi connectivity index (χ2v) is 6.19. The number of amides is 2. The summed E-state index contributed by atoms with van der Waals surface area (Å²) < 4.78 is 5.76. The fraction of sp³-hybridized carbons (Fsp3) is 0.562. The van der Waals surface area contributed by atoms with Gasteiger partial charge in [-0.1, -0.05) is 12.1 Å². The molecule has 1 aromatic rings. The largest absolute Gasteiger partial charge is 0.491 e. The Labute approximate surface area is 125 Å². The quantitative estimate of drug-likeness (QED) is 0.723. The van der Waals surface area contributed by atoms with Crippen LogP contribution in [0.4, 0.5) is 10.5 Å². The second-order valence-electron chi connectivity index (χ2n) is 6.19. The van der Waals surface area contributed by atoms with Crippen LogP contribution in [0.15, 0.2) is 24.3 Å². The number of anilines is 1. The molecule has 3 N–H and O–H groups in total. The highest BCUT2D eigenvalue weighted by atomic mass is 16.5. The normalized spacial score (nSPS) is 14.6. The van der Waals surface area contributed by atoms with Crippen LogP contribution in [-0.4, -0.2) is 29.9 Å². The zero-order valence-electron chi connectivity index (χ0n) is 12.7. The minimum Gasteiger partial charge on any atom is -0.491 e.